The number of benzene rings is 2. The van der Waals surface area contributed by atoms with Gasteiger partial charge in [-0.2, -0.15) is 0 Å². The van der Waals surface area contributed by atoms with Gasteiger partial charge in [-0.25, -0.2) is 9.78 Å². The normalized spacial score (nSPS) is 11.1. The average molecular weight is 544 g/mol. The number of carbonyl (C=O) groups is 3. The third-order valence-electron chi connectivity index (χ3n) is 6.13. The van der Waals surface area contributed by atoms with Crippen molar-refractivity contribution in [3.63, 3.8) is 0 Å². The number of nitrogens with one attached hydrogen (secondary N) is 3. The fraction of sp³-hybridized carbons (Fsp3) is 0.207. The lowest BCUT2D eigenvalue weighted by atomic mass is 9.83. The number of carboxylic acid groups (broad SMARTS) is 1. The van der Waals surface area contributed by atoms with Crippen molar-refractivity contribution >= 4 is 34.4 Å². The first-order valence-electron chi connectivity index (χ1n) is 12.2. The summed E-state index contributed by atoms with van der Waals surface area (Å²) in [6.07, 6.45) is 2.39. The molecule has 0 aliphatic heterocycles. The summed E-state index contributed by atoms with van der Waals surface area (Å²) in [5.74, 6) is -0.793. The van der Waals surface area contributed by atoms with Crippen LogP contribution in [0.15, 0.2) is 72.4 Å². The molecule has 0 fully saturated rings. The van der Waals surface area contributed by atoms with Gasteiger partial charge in [-0.15, -0.1) is 11.3 Å². The van der Waals surface area contributed by atoms with Crippen LogP contribution in [0, 0.1) is 6.92 Å². The van der Waals surface area contributed by atoms with E-state index in [4.69, 9.17) is 5.11 Å². The van der Waals surface area contributed by atoms with E-state index in [2.05, 4.69) is 25.9 Å². The number of thiazole rings is 1. The zero-order valence-electron chi connectivity index (χ0n) is 21.8. The number of carbonyl (C=O) groups excluding carboxylic acids is 2. The van der Waals surface area contributed by atoms with Crippen molar-refractivity contribution in [2.75, 3.05) is 18.4 Å². The fourth-order valence-corrected chi connectivity index (χ4v) is 4.73. The summed E-state index contributed by atoms with van der Waals surface area (Å²) in [6, 6.07) is 17.2. The topological polar surface area (TPSA) is 133 Å². The molecule has 0 spiro atoms. The zero-order chi connectivity index (χ0) is 28.0. The SMILES string of the molecule is Cc1cc(C(=O)NCC(=O)Nc2nc(-c3cccc(-c4ccncc4)c3)cs2)cc(C(C)(C)CNC(=O)O)c1. The molecule has 0 atom stereocenters. The molecule has 0 unspecified atom stereocenters. The van der Waals surface area contributed by atoms with E-state index in [1.807, 2.05) is 68.6 Å². The summed E-state index contributed by atoms with van der Waals surface area (Å²) in [4.78, 5) is 44.9. The summed E-state index contributed by atoms with van der Waals surface area (Å²) in [7, 11) is 0. The second-order valence-electron chi connectivity index (χ2n) is 9.72. The van der Waals surface area contributed by atoms with Gasteiger partial charge < -0.3 is 21.1 Å². The molecule has 0 saturated heterocycles. The predicted molar refractivity (Wildman–Crippen MR) is 152 cm³/mol. The molecule has 9 nitrogen and oxygen atoms in total. The second kappa shape index (κ2) is 11.9. The summed E-state index contributed by atoms with van der Waals surface area (Å²) in [6.45, 7) is 5.62. The van der Waals surface area contributed by atoms with Crippen LogP contribution in [0.1, 0.15) is 35.3 Å². The van der Waals surface area contributed by atoms with Crippen LogP contribution in [-0.4, -0.2) is 46.1 Å². The molecule has 4 N–H and O–H groups in total. The third kappa shape index (κ3) is 7.26. The second-order valence-corrected chi connectivity index (χ2v) is 10.6. The molecule has 0 aliphatic rings. The number of pyridine rings is 1. The number of rotatable bonds is 9. The average Bonchev–Trinajstić information content (AvgIpc) is 3.39. The molecule has 3 amide bonds. The van der Waals surface area contributed by atoms with Crippen molar-refractivity contribution in [1.29, 1.82) is 0 Å². The van der Waals surface area contributed by atoms with Gasteiger partial charge >= 0.3 is 6.09 Å². The minimum Gasteiger partial charge on any atom is -0.465 e. The summed E-state index contributed by atoms with van der Waals surface area (Å²) in [5.41, 5.74) is 5.28. The molecule has 200 valence electrons. The minimum atomic E-state index is -1.11. The molecular weight excluding hydrogens is 514 g/mol. The van der Waals surface area contributed by atoms with E-state index in [-0.39, 0.29) is 13.1 Å². The molecule has 4 rings (SSSR count). The largest absolute Gasteiger partial charge is 0.465 e. The third-order valence-corrected chi connectivity index (χ3v) is 6.89. The highest BCUT2D eigenvalue weighted by atomic mass is 32.1. The van der Waals surface area contributed by atoms with Crippen molar-refractivity contribution in [2.45, 2.75) is 26.2 Å². The number of nitrogens with zero attached hydrogens (tertiary/aromatic N) is 2. The number of hydrogen-bond acceptors (Lipinski definition) is 6. The molecular formula is C29H29N5O4S. The lowest BCUT2D eigenvalue weighted by Crippen LogP contribution is -2.36. The van der Waals surface area contributed by atoms with E-state index in [9.17, 15) is 14.4 Å². The van der Waals surface area contributed by atoms with Crippen LogP contribution in [0.2, 0.25) is 0 Å². The summed E-state index contributed by atoms with van der Waals surface area (Å²) < 4.78 is 0. The van der Waals surface area contributed by atoms with Crippen LogP contribution in [-0.2, 0) is 10.2 Å². The molecule has 0 radical (unpaired) electrons. The Hall–Kier alpha value is -4.57. The van der Waals surface area contributed by atoms with Gasteiger partial charge in [-0.1, -0.05) is 43.7 Å². The predicted octanol–water partition coefficient (Wildman–Crippen LogP) is 5.09. The van der Waals surface area contributed by atoms with Gasteiger partial charge in [0.2, 0.25) is 5.91 Å². The maximum Gasteiger partial charge on any atom is 0.404 e. The number of aryl methyl sites for hydroxylation is 1. The maximum atomic E-state index is 12.8. The number of amides is 3. The quantitative estimate of drug-likeness (QED) is 0.232. The van der Waals surface area contributed by atoms with E-state index in [1.165, 1.54) is 11.3 Å². The Morgan fingerprint density at radius 3 is 2.44 bits per heavy atom. The van der Waals surface area contributed by atoms with Gasteiger partial charge in [0.05, 0.1) is 12.2 Å². The van der Waals surface area contributed by atoms with E-state index >= 15 is 0 Å². The number of anilines is 1. The first-order chi connectivity index (χ1) is 18.6. The number of hydrogen-bond donors (Lipinski definition) is 4. The van der Waals surface area contributed by atoms with Gasteiger partial charge in [0.1, 0.15) is 0 Å². The van der Waals surface area contributed by atoms with Gasteiger partial charge in [-0.3, -0.25) is 14.6 Å². The van der Waals surface area contributed by atoms with Crippen LogP contribution in [0.5, 0.6) is 0 Å². The Bertz CT molecular complexity index is 1500. The van der Waals surface area contributed by atoms with Crippen LogP contribution in [0.25, 0.3) is 22.4 Å². The van der Waals surface area contributed by atoms with Crippen molar-refractivity contribution in [1.82, 2.24) is 20.6 Å². The maximum absolute atomic E-state index is 12.8. The van der Waals surface area contributed by atoms with Crippen LogP contribution >= 0.6 is 11.3 Å². The smallest absolute Gasteiger partial charge is 0.404 e. The summed E-state index contributed by atoms with van der Waals surface area (Å²) >= 11 is 1.30. The van der Waals surface area contributed by atoms with E-state index in [0.717, 1.165) is 33.5 Å². The lowest BCUT2D eigenvalue weighted by Gasteiger charge is -2.26. The summed E-state index contributed by atoms with van der Waals surface area (Å²) in [5, 5.41) is 19.0. The Morgan fingerprint density at radius 2 is 1.69 bits per heavy atom. The van der Waals surface area contributed by atoms with E-state index < -0.39 is 23.3 Å². The molecule has 4 aromatic rings. The van der Waals surface area contributed by atoms with Gasteiger partial charge in [0.15, 0.2) is 5.13 Å². The van der Waals surface area contributed by atoms with Crippen LogP contribution in [0.4, 0.5) is 9.93 Å². The molecule has 0 bridgehead atoms. The van der Waals surface area contributed by atoms with Crippen LogP contribution < -0.4 is 16.0 Å². The zero-order valence-corrected chi connectivity index (χ0v) is 22.6. The first kappa shape index (κ1) is 27.5. The monoisotopic (exact) mass is 543 g/mol. The Balaban J connectivity index is 1.37. The Labute approximate surface area is 230 Å². The van der Waals surface area contributed by atoms with Crippen LogP contribution in [0.3, 0.4) is 0 Å². The molecule has 2 aromatic carbocycles. The molecule has 10 heteroatoms. The van der Waals surface area contributed by atoms with Crippen molar-refractivity contribution in [2.24, 2.45) is 0 Å². The molecule has 0 saturated carbocycles. The highest BCUT2D eigenvalue weighted by Crippen LogP contribution is 2.29. The lowest BCUT2D eigenvalue weighted by molar-refractivity contribution is -0.115. The molecule has 0 aliphatic carbocycles. The minimum absolute atomic E-state index is 0.194. The first-order valence-corrected chi connectivity index (χ1v) is 13.1. The molecule has 2 heterocycles. The van der Waals surface area contributed by atoms with Crippen molar-refractivity contribution < 1.29 is 19.5 Å². The Kier molecular flexibility index (Phi) is 8.36. The number of aromatic nitrogens is 2. The highest BCUT2D eigenvalue weighted by Gasteiger charge is 2.23. The van der Waals surface area contributed by atoms with Crippen molar-refractivity contribution in [3.8, 4) is 22.4 Å². The van der Waals surface area contributed by atoms with E-state index in [0.29, 0.717) is 10.7 Å². The molecule has 2 aromatic heterocycles. The standard InChI is InChI=1S/C29H29N5O4S/c1-18-11-22(14-23(12-18)29(2,3)17-32-28(37)38)26(36)31-15-25(35)34-27-33-24(16-39-27)21-6-4-5-20(13-21)19-7-9-30-10-8-19/h4-14,16,32H,15,17H2,1-3H3,(H,31,36)(H,37,38)(H,33,34,35). The molecule has 39 heavy (non-hydrogen) atoms. The van der Waals surface area contributed by atoms with Gasteiger partial charge in [0.25, 0.3) is 5.91 Å². The highest BCUT2D eigenvalue weighted by molar-refractivity contribution is 7.14. The Morgan fingerprint density at radius 1 is 0.949 bits per heavy atom. The van der Waals surface area contributed by atoms with Gasteiger partial charge in [-0.05, 0) is 53.9 Å². The van der Waals surface area contributed by atoms with Crippen molar-refractivity contribution in [3.05, 3.63) is 89.1 Å². The van der Waals surface area contributed by atoms with E-state index in [1.54, 1.807) is 24.5 Å². The van der Waals surface area contributed by atoms with Gasteiger partial charge in [0, 0.05) is 40.9 Å². The fourth-order valence-electron chi connectivity index (χ4n) is 4.00.